The highest BCUT2D eigenvalue weighted by Gasteiger charge is 2.21. The maximum absolute atomic E-state index is 12.0. The molecule has 2 rings (SSSR count). The fourth-order valence-corrected chi connectivity index (χ4v) is 2.78. The quantitative estimate of drug-likeness (QED) is 0.819. The van der Waals surface area contributed by atoms with E-state index in [1.807, 2.05) is 24.6 Å². The summed E-state index contributed by atoms with van der Waals surface area (Å²) in [7, 11) is 3.94. The molecular formula is C13H20N2O2S. The van der Waals surface area contributed by atoms with Crippen molar-refractivity contribution in [1.82, 2.24) is 9.80 Å². The lowest BCUT2D eigenvalue weighted by Gasteiger charge is -2.32. The van der Waals surface area contributed by atoms with E-state index in [4.69, 9.17) is 4.74 Å². The van der Waals surface area contributed by atoms with Crippen LogP contribution in [-0.2, 0) is 16.0 Å². The molecule has 0 bridgehead atoms. The molecule has 1 atom stereocenters. The van der Waals surface area contributed by atoms with Crippen molar-refractivity contribution in [2.75, 3.05) is 40.3 Å². The van der Waals surface area contributed by atoms with Gasteiger partial charge < -0.3 is 14.5 Å². The molecule has 1 aromatic heterocycles. The van der Waals surface area contributed by atoms with Crippen LogP contribution in [0.4, 0.5) is 0 Å². The Hall–Kier alpha value is -0.910. The van der Waals surface area contributed by atoms with Crippen molar-refractivity contribution < 1.29 is 9.53 Å². The summed E-state index contributed by atoms with van der Waals surface area (Å²) in [5, 5.41) is 2.00. The van der Waals surface area contributed by atoms with Crippen LogP contribution in [0.1, 0.15) is 4.88 Å². The molecule has 1 aliphatic heterocycles. The summed E-state index contributed by atoms with van der Waals surface area (Å²) in [6, 6.07) is 3.98. The number of thiophene rings is 1. The number of rotatable bonds is 4. The van der Waals surface area contributed by atoms with Crippen LogP contribution >= 0.6 is 11.3 Å². The largest absolute Gasteiger partial charge is 0.374 e. The van der Waals surface area contributed by atoms with Gasteiger partial charge in [-0.1, -0.05) is 6.07 Å². The minimum absolute atomic E-state index is 0.140. The Labute approximate surface area is 112 Å². The third-order valence-corrected chi connectivity index (χ3v) is 4.03. The molecule has 2 heterocycles. The molecule has 1 aliphatic rings. The van der Waals surface area contributed by atoms with Gasteiger partial charge in [0, 0.05) is 31.6 Å². The van der Waals surface area contributed by atoms with Gasteiger partial charge in [0.25, 0.3) is 0 Å². The van der Waals surface area contributed by atoms with Crippen molar-refractivity contribution in [3.05, 3.63) is 22.4 Å². The van der Waals surface area contributed by atoms with E-state index in [0.29, 0.717) is 13.0 Å². The lowest BCUT2D eigenvalue weighted by atomic mass is 10.2. The Morgan fingerprint density at radius 3 is 3.17 bits per heavy atom. The molecule has 1 fully saturated rings. The maximum Gasteiger partial charge on any atom is 0.227 e. The second kappa shape index (κ2) is 6.31. The fraction of sp³-hybridized carbons (Fsp3) is 0.615. The third kappa shape index (κ3) is 3.80. The van der Waals surface area contributed by atoms with E-state index < -0.39 is 0 Å². The predicted molar refractivity (Wildman–Crippen MR) is 72.9 cm³/mol. The molecule has 1 amide bonds. The summed E-state index contributed by atoms with van der Waals surface area (Å²) in [6.45, 7) is 3.31. The number of amides is 1. The minimum Gasteiger partial charge on any atom is -0.374 e. The Morgan fingerprint density at radius 2 is 2.50 bits per heavy atom. The van der Waals surface area contributed by atoms with Crippen molar-refractivity contribution in [3.8, 4) is 0 Å². The van der Waals surface area contributed by atoms with Crippen LogP contribution in [0.25, 0.3) is 0 Å². The number of morpholine rings is 1. The number of likely N-dealkylation sites (N-methyl/N-ethyl adjacent to an activating group) is 2. The van der Waals surface area contributed by atoms with Crippen LogP contribution in [0.3, 0.4) is 0 Å². The van der Waals surface area contributed by atoms with Gasteiger partial charge in [-0.2, -0.15) is 0 Å². The van der Waals surface area contributed by atoms with E-state index in [0.717, 1.165) is 24.6 Å². The molecular weight excluding hydrogens is 248 g/mol. The van der Waals surface area contributed by atoms with Gasteiger partial charge in [0.1, 0.15) is 0 Å². The van der Waals surface area contributed by atoms with Gasteiger partial charge in [0.15, 0.2) is 0 Å². The summed E-state index contributed by atoms with van der Waals surface area (Å²) in [6.07, 6.45) is 0.637. The van der Waals surface area contributed by atoms with E-state index >= 15 is 0 Å². The van der Waals surface area contributed by atoms with Crippen LogP contribution in [-0.4, -0.2) is 62.1 Å². The highest BCUT2D eigenvalue weighted by molar-refractivity contribution is 7.10. The highest BCUT2D eigenvalue weighted by Crippen LogP contribution is 2.11. The Bertz CT molecular complexity index is 380. The molecule has 0 saturated carbocycles. The standard InChI is InChI=1S/C13H20N2O2S/c1-14-5-6-17-11(9-14)10-15(2)13(16)8-12-4-3-7-18-12/h3-4,7,11H,5-6,8-10H2,1-2H3. The van der Waals surface area contributed by atoms with Gasteiger partial charge in [0.05, 0.1) is 19.1 Å². The second-order valence-electron chi connectivity index (χ2n) is 4.79. The lowest BCUT2D eigenvalue weighted by Crippen LogP contribution is -2.46. The van der Waals surface area contributed by atoms with Gasteiger partial charge in [-0.15, -0.1) is 11.3 Å². The molecule has 4 nitrogen and oxygen atoms in total. The first kappa shape index (κ1) is 13.5. The third-order valence-electron chi connectivity index (χ3n) is 3.15. The maximum atomic E-state index is 12.0. The second-order valence-corrected chi connectivity index (χ2v) is 5.82. The smallest absolute Gasteiger partial charge is 0.227 e. The molecule has 0 spiro atoms. The van der Waals surface area contributed by atoms with Crippen LogP contribution in [0.2, 0.25) is 0 Å². The van der Waals surface area contributed by atoms with Gasteiger partial charge in [-0.3, -0.25) is 4.79 Å². The molecule has 1 unspecified atom stereocenters. The Morgan fingerprint density at radius 1 is 1.67 bits per heavy atom. The van der Waals surface area contributed by atoms with Crippen LogP contribution in [0.5, 0.6) is 0 Å². The van der Waals surface area contributed by atoms with Gasteiger partial charge >= 0.3 is 0 Å². The summed E-state index contributed by atoms with van der Waals surface area (Å²) in [5.74, 6) is 0.161. The van der Waals surface area contributed by atoms with Crippen molar-refractivity contribution in [3.63, 3.8) is 0 Å². The van der Waals surface area contributed by atoms with E-state index in [1.165, 1.54) is 0 Å². The van der Waals surface area contributed by atoms with Gasteiger partial charge in [-0.05, 0) is 18.5 Å². The van der Waals surface area contributed by atoms with Crippen molar-refractivity contribution in [2.45, 2.75) is 12.5 Å². The SMILES string of the molecule is CN1CCOC(CN(C)C(=O)Cc2cccs2)C1. The summed E-state index contributed by atoms with van der Waals surface area (Å²) in [4.78, 5) is 17.2. The summed E-state index contributed by atoms with van der Waals surface area (Å²) < 4.78 is 5.67. The number of ether oxygens (including phenoxy) is 1. The fourth-order valence-electron chi connectivity index (χ4n) is 2.08. The number of nitrogens with zero attached hydrogens (tertiary/aromatic N) is 2. The zero-order valence-corrected chi connectivity index (χ0v) is 11.8. The van der Waals surface area contributed by atoms with E-state index in [9.17, 15) is 4.79 Å². The van der Waals surface area contributed by atoms with Gasteiger partial charge in [-0.25, -0.2) is 0 Å². The van der Waals surface area contributed by atoms with Crippen molar-refractivity contribution >= 4 is 17.2 Å². The minimum atomic E-state index is 0.140. The topological polar surface area (TPSA) is 32.8 Å². The molecule has 18 heavy (non-hydrogen) atoms. The normalized spacial score (nSPS) is 20.9. The monoisotopic (exact) mass is 268 g/mol. The zero-order chi connectivity index (χ0) is 13.0. The summed E-state index contributed by atoms with van der Waals surface area (Å²) >= 11 is 1.63. The first-order valence-electron chi connectivity index (χ1n) is 6.21. The molecule has 1 aromatic rings. The van der Waals surface area contributed by atoms with E-state index in [2.05, 4.69) is 11.9 Å². The van der Waals surface area contributed by atoms with Crippen molar-refractivity contribution in [1.29, 1.82) is 0 Å². The molecule has 5 heteroatoms. The Balaban J connectivity index is 1.79. The van der Waals surface area contributed by atoms with Crippen LogP contribution < -0.4 is 0 Å². The number of hydrogen-bond donors (Lipinski definition) is 0. The first-order chi connectivity index (χ1) is 8.65. The molecule has 0 aliphatic carbocycles. The zero-order valence-electron chi connectivity index (χ0n) is 11.0. The molecule has 0 radical (unpaired) electrons. The highest BCUT2D eigenvalue weighted by atomic mass is 32.1. The molecule has 0 N–H and O–H groups in total. The van der Waals surface area contributed by atoms with E-state index in [-0.39, 0.29) is 12.0 Å². The average Bonchev–Trinajstić information content (AvgIpc) is 2.81. The Kier molecular flexibility index (Phi) is 4.74. The molecule has 0 aromatic carbocycles. The van der Waals surface area contributed by atoms with Gasteiger partial charge in [0.2, 0.25) is 5.91 Å². The molecule has 100 valence electrons. The number of carbonyl (C=O) groups is 1. The van der Waals surface area contributed by atoms with Crippen LogP contribution in [0, 0.1) is 0 Å². The molecule has 1 saturated heterocycles. The predicted octanol–water partition coefficient (Wildman–Crippen LogP) is 1.08. The average molecular weight is 268 g/mol. The summed E-state index contributed by atoms with van der Waals surface area (Å²) in [5.41, 5.74) is 0. The number of carbonyl (C=O) groups excluding carboxylic acids is 1. The van der Waals surface area contributed by atoms with Crippen molar-refractivity contribution in [2.24, 2.45) is 0 Å². The van der Waals surface area contributed by atoms with Crippen LogP contribution in [0.15, 0.2) is 17.5 Å². The first-order valence-corrected chi connectivity index (χ1v) is 7.09. The van der Waals surface area contributed by atoms with E-state index in [1.54, 1.807) is 16.2 Å². The number of hydrogen-bond acceptors (Lipinski definition) is 4. The lowest BCUT2D eigenvalue weighted by molar-refractivity contribution is -0.132.